The normalized spacial score (nSPS) is 11.5. The van der Waals surface area contributed by atoms with Gasteiger partial charge in [-0.2, -0.15) is 0 Å². The summed E-state index contributed by atoms with van der Waals surface area (Å²) in [6.07, 6.45) is 0. The Balaban J connectivity index is 0. The molecule has 0 aliphatic carbocycles. The van der Waals surface area contributed by atoms with Gasteiger partial charge in [-0.05, 0) is 31.5 Å². The van der Waals surface area contributed by atoms with Crippen LogP contribution in [0.25, 0.3) is 0 Å². The molecule has 0 saturated carbocycles. The summed E-state index contributed by atoms with van der Waals surface area (Å²) in [5.41, 5.74) is 5.74. The average molecular weight is 356 g/mol. The maximum absolute atomic E-state index is 12.1. The number of carbonyl (C=O) groups is 1. The first-order chi connectivity index (χ1) is 9.08. The molecule has 0 spiro atoms. The van der Waals surface area contributed by atoms with Crippen LogP contribution in [0.15, 0.2) is 17.5 Å². The molecule has 0 radical (unpaired) electrons. The minimum atomic E-state index is -0.434. The van der Waals surface area contributed by atoms with Crippen molar-refractivity contribution in [3.05, 3.63) is 22.4 Å². The first-order valence-corrected chi connectivity index (χ1v) is 7.75. The zero-order valence-electron chi connectivity index (χ0n) is 12.9. The van der Waals surface area contributed by atoms with E-state index in [9.17, 15) is 4.79 Å². The first kappa shape index (κ1) is 22.9. The van der Waals surface area contributed by atoms with Crippen molar-refractivity contribution in [2.45, 2.75) is 33.4 Å². The van der Waals surface area contributed by atoms with Gasteiger partial charge in [-0.25, -0.2) is 0 Å². The summed E-state index contributed by atoms with van der Waals surface area (Å²) in [5.74, 6) is 0.0283. The number of thiophene rings is 1. The van der Waals surface area contributed by atoms with Crippen molar-refractivity contribution in [3.63, 3.8) is 0 Å². The second-order valence-corrected chi connectivity index (χ2v) is 5.69. The Hall–Kier alpha value is -0.330. The monoisotopic (exact) mass is 355 g/mol. The summed E-state index contributed by atoms with van der Waals surface area (Å²) >= 11 is 1.68. The van der Waals surface area contributed by atoms with Crippen LogP contribution in [-0.4, -0.2) is 47.9 Å². The fourth-order valence-electron chi connectivity index (χ4n) is 1.95. The summed E-state index contributed by atoms with van der Waals surface area (Å²) in [7, 11) is 0. The molecule has 1 heterocycles. The predicted octanol–water partition coefficient (Wildman–Crippen LogP) is 2.61. The third-order valence-electron chi connectivity index (χ3n) is 3.21. The Morgan fingerprint density at radius 3 is 2.33 bits per heavy atom. The van der Waals surface area contributed by atoms with E-state index in [1.807, 2.05) is 16.3 Å². The van der Waals surface area contributed by atoms with Crippen molar-refractivity contribution < 1.29 is 4.79 Å². The van der Waals surface area contributed by atoms with Crippen LogP contribution in [0.5, 0.6) is 0 Å². The molecule has 1 rings (SSSR count). The average Bonchev–Trinajstić information content (AvgIpc) is 2.90. The fraction of sp³-hybridized carbons (Fsp3) is 0.643. The molecule has 4 nitrogen and oxygen atoms in total. The largest absolute Gasteiger partial charge is 0.335 e. The van der Waals surface area contributed by atoms with Gasteiger partial charge < -0.3 is 15.5 Å². The lowest BCUT2D eigenvalue weighted by Gasteiger charge is -2.27. The number of hydrogen-bond acceptors (Lipinski definition) is 4. The molecule has 1 aromatic rings. The molecule has 1 amide bonds. The first-order valence-electron chi connectivity index (χ1n) is 6.87. The standard InChI is InChI=1S/C14H25N3OS.2ClH/c1-4-16(5-2)8-9-17(14(18)12(3)15)11-13-7-6-10-19-13;;/h6-7,10,12H,4-5,8-9,11,15H2,1-3H3;2*1H/t12-;;/m1../s1. The predicted molar refractivity (Wildman–Crippen MR) is 95.7 cm³/mol. The Labute approximate surface area is 144 Å². The van der Waals surface area contributed by atoms with E-state index in [2.05, 4.69) is 24.8 Å². The highest BCUT2D eigenvalue weighted by Gasteiger charge is 2.18. The second-order valence-electron chi connectivity index (χ2n) is 4.65. The van der Waals surface area contributed by atoms with Crippen molar-refractivity contribution in [1.82, 2.24) is 9.80 Å². The topological polar surface area (TPSA) is 49.6 Å². The van der Waals surface area contributed by atoms with E-state index < -0.39 is 6.04 Å². The number of amides is 1. The molecule has 0 unspecified atom stereocenters. The summed E-state index contributed by atoms with van der Waals surface area (Å²) in [5, 5.41) is 2.04. The fourth-order valence-corrected chi connectivity index (χ4v) is 2.67. The maximum atomic E-state index is 12.1. The van der Waals surface area contributed by atoms with Crippen LogP contribution < -0.4 is 5.73 Å². The van der Waals surface area contributed by atoms with Gasteiger partial charge in [0.1, 0.15) is 0 Å². The van der Waals surface area contributed by atoms with Crippen LogP contribution in [0, 0.1) is 0 Å². The minimum Gasteiger partial charge on any atom is -0.335 e. The number of halogens is 2. The molecule has 0 fully saturated rings. The van der Waals surface area contributed by atoms with E-state index in [1.165, 1.54) is 4.88 Å². The van der Waals surface area contributed by atoms with E-state index in [4.69, 9.17) is 5.73 Å². The van der Waals surface area contributed by atoms with Crippen molar-refractivity contribution in [2.75, 3.05) is 26.2 Å². The molecule has 0 saturated heterocycles. The highest BCUT2D eigenvalue weighted by atomic mass is 35.5. The molecule has 1 aromatic heterocycles. The van der Waals surface area contributed by atoms with Gasteiger partial charge in [0, 0.05) is 18.0 Å². The second kappa shape index (κ2) is 12.2. The van der Waals surface area contributed by atoms with Crippen LogP contribution in [0.2, 0.25) is 0 Å². The third-order valence-corrected chi connectivity index (χ3v) is 4.07. The van der Waals surface area contributed by atoms with Crippen LogP contribution in [0.1, 0.15) is 25.6 Å². The summed E-state index contributed by atoms with van der Waals surface area (Å²) in [6, 6.07) is 3.64. The van der Waals surface area contributed by atoms with Crippen LogP contribution in [0.3, 0.4) is 0 Å². The molecule has 0 aromatic carbocycles. The highest BCUT2D eigenvalue weighted by Crippen LogP contribution is 2.12. The molecule has 0 aliphatic heterocycles. The van der Waals surface area contributed by atoms with Crippen LogP contribution in [0.4, 0.5) is 0 Å². The molecule has 0 bridgehead atoms. The quantitative estimate of drug-likeness (QED) is 0.779. The molecule has 7 heteroatoms. The molecule has 2 N–H and O–H groups in total. The minimum absolute atomic E-state index is 0. The maximum Gasteiger partial charge on any atom is 0.239 e. The van der Waals surface area contributed by atoms with Gasteiger partial charge in [0.15, 0.2) is 0 Å². The zero-order chi connectivity index (χ0) is 14.3. The molecule has 124 valence electrons. The summed E-state index contributed by atoms with van der Waals surface area (Å²) < 4.78 is 0. The van der Waals surface area contributed by atoms with Gasteiger partial charge in [-0.3, -0.25) is 4.79 Å². The Morgan fingerprint density at radius 2 is 1.90 bits per heavy atom. The molecular weight excluding hydrogens is 329 g/mol. The number of carbonyl (C=O) groups excluding carboxylic acids is 1. The van der Waals surface area contributed by atoms with Crippen molar-refractivity contribution in [2.24, 2.45) is 5.73 Å². The zero-order valence-corrected chi connectivity index (χ0v) is 15.4. The van der Waals surface area contributed by atoms with Crippen molar-refractivity contribution in [1.29, 1.82) is 0 Å². The molecule has 0 aliphatic rings. The van der Waals surface area contributed by atoms with Gasteiger partial charge in [0.2, 0.25) is 5.91 Å². The van der Waals surface area contributed by atoms with Gasteiger partial charge in [-0.1, -0.05) is 19.9 Å². The van der Waals surface area contributed by atoms with Gasteiger partial charge in [-0.15, -0.1) is 36.2 Å². The Kier molecular flexibility index (Phi) is 13.4. The highest BCUT2D eigenvalue weighted by molar-refractivity contribution is 7.09. The van der Waals surface area contributed by atoms with Gasteiger partial charge in [0.25, 0.3) is 0 Å². The number of likely N-dealkylation sites (N-methyl/N-ethyl adjacent to an activating group) is 1. The summed E-state index contributed by atoms with van der Waals surface area (Å²) in [6.45, 7) is 10.4. The number of nitrogens with zero attached hydrogens (tertiary/aromatic N) is 2. The van der Waals surface area contributed by atoms with E-state index in [-0.39, 0.29) is 30.7 Å². The lowest BCUT2D eigenvalue weighted by atomic mass is 10.3. The molecular formula is C14H27Cl2N3OS. The van der Waals surface area contributed by atoms with E-state index in [0.29, 0.717) is 6.54 Å². The van der Waals surface area contributed by atoms with E-state index in [1.54, 1.807) is 18.3 Å². The number of rotatable bonds is 8. The molecule has 21 heavy (non-hydrogen) atoms. The van der Waals surface area contributed by atoms with Crippen LogP contribution >= 0.6 is 36.2 Å². The lowest BCUT2D eigenvalue weighted by Crippen LogP contribution is -2.44. The van der Waals surface area contributed by atoms with E-state index in [0.717, 1.165) is 26.2 Å². The third kappa shape index (κ3) is 8.02. The van der Waals surface area contributed by atoms with Crippen molar-refractivity contribution in [3.8, 4) is 0 Å². The number of nitrogens with two attached hydrogens (primary N) is 1. The van der Waals surface area contributed by atoms with Gasteiger partial charge >= 0.3 is 0 Å². The summed E-state index contributed by atoms with van der Waals surface area (Å²) in [4.78, 5) is 17.5. The molecule has 1 atom stereocenters. The van der Waals surface area contributed by atoms with Crippen molar-refractivity contribution >= 4 is 42.1 Å². The SMILES string of the molecule is CCN(CC)CCN(Cc1cccs1)C(=O)[C@@H](C)N.Cl.Cl. The number of hydrogen-bond donors (Lipinski definition) is 1. The van der Waals surface area contributed by atoms with Crippen LogP contribution in [-0.2, 0) is 11.3 Å². The Bertz CT molecular complexity index is 370. The smallest absolute Gasteiger partial charge is 0.239 e. The Morgan fingerprint density at radius 1 is 1.29 bits per heavy atom. The van der Waals surface area contributed by atoms with E-state index >= 15 is 0 Å². The lowest BCUT2D eigenvalue weighted by molar-refractivity contribution is -0.133. The van der Waals surface area contributed by atoms with Gasteiger partial charge in [0.05, 0.1) is 12.6 Å².